The maximum absolute atomic E-state index is 12.4. The second-order valence-electron chi connectivity index (χ2n) is 18.1. The van der Waals surface area contributed by atoms with Crippen molar-refractivity contribution in [1.82, 2.24) is 9.64 Å². The maximum atomic E-state index is 12.4. The fourth-order valence-corrected chi connectivity index (χ4v) is 8.37. The molecule has 0 unspecified atom stereocenters. The highest BCUT2D eigenvalue weighted by atomic mass is 32.2. The third kappa shape index (κ3) is 15.4. The van der Waals surface area contributed by atoms with E-state index in [1.807, 2.05) is 38.1 Å². The van der Waals surface area contributed by atoms with Crippen LogP contribution in [-0.4, -0.2) is 136 Å². The molecule has 1 aliphatic carbocycles. The summed E-state index contributed by atoms with van der Waals surface area (Å²) in [6.07, 6.45) is 7.85. The highest BCUT2D eigenvalue weighted by Gasteiger charge is 2.40. The lowest BCUT2D eigenvalue weighted by Gasteiger charge is -2.27. The highest BCUT2D eigenvalue weighted by molar-refractivity contribution is 7.85. The molecule has 5 rings (SSSR count). The number of methoxy groups -OCH3 is 2. The Morgan fingerprint density at radius 1 is 0.809 bits per heavy atom. The van der Waals surface area contributed by atoms with Gasteiger partial charge in [-0.3, -0.25) is 9.59 Å². The smallest absolute Gasteiger partial charge is 0.333 e. The Balaban J connectivity index is 1.40. The molecule has 0 spiro atoms. The van der Waals surface area contributed by atoms with E-state index >= 15 is 0 Å². The van der Waals surface area contributed by atoms with Crippen LogP contribution < -0.4 is 14.8 Å². The standard InChI is InChI=1S/C50H69N3O14S/c1-49(2,3)45-34-37(40-17-15-38(35-43(40)66-45)51(22-24-62-30-32-64-28-26-60-6)23-25-63-31-33-65-29-27-61-7)12-11-13-44-50(4,5)41-36-39(68(57,58)59)16-18-42(41)52(44)21-10-8-9-14-48(56)67-53-46(54)19-20-47(53)55/h11-13,15-18,34-36H,8-10,14,19-33H2,1-7H3. The van der Waals surface area contributed by atoms with E-state index in [0.29, 0.717) is 121 Å². The molecular formula is C50H69N3O14S. The molecule has 0 saturated carbocycles. The Kier molecular flexibility index (Phi) is 20.5. The number of amides is 2. The van der Waals surface area contributed by atoms with Crippen LogP contribution in [-0.2, 0) is 68.6 Å². The number of rotatable bonds is 28. The number of carbonyl (C=O) groups excluding carboxylic acids is 3. The molecule has 0 bridgehead atoms. The summed E-state index contributed by atoms with van der Waals surface area (Å²) in [4.78, 5) is 43.1. The van der Waals surface area contributed by atoms with Crippen LogP contribution in [0.5, 0.6) is 0 Å². The average molecular weight is 968 g/mol. The third-order valence-corrected chi connectivity index (χ3v) is 12.5. The summed E-state index contributed by atoms with van der Waals surface area (Å²) in [5.74, 6) is -0.199. The van der Waals surface area contributed by atoms with E-state index in [4.69, 9.17) is 37.7 Å². The molecule has 0 N–H and O–H groups in total. The van der Waals surface area contributed by atoms with Gasteiger partial charge in [-0.2, -0.15) is 0 Å². The van der Waals surface area contributed by atoms with Crippen molar-refractivity contribution in [1.29, 1.82) is 0 Å². The van der Waals surface area contributed by atoms with E-state index in [1.165, 1.54) is 12.1 Å². The van der Waals surface area contributed by atoms with Gasteiger partial charge >= 0.3 is 5.97 Å². The molecule has 3 heterocycles. The lowest BCUT2D eigenvalue weighted by Crippen LogP contribution is -2.36. The van der Waals surface area contributed by atoms with Crippen LogP contribution in [0.1, 0.15) is 90.0 Å². The third-order valence-electron chi connectivity index (χ3n) is 11.6. The van der Waals surface area contributed by atoms with Crippen molar-refractivity contribution in [3.8, 4) is 11.3 Å². The van der Waals surface area contributed by atoms with Crippen LogP contribution in [0.25, 0.3) is 17.4 Å². The summed E-state index contributed by atoms with van der Waals surface area (Å²) in [7, 11) is -1.44. The van der Waals surface area contributed by atoms with Crippen LogP contribution in [0, 0.1) is 0 Å². The molecule has 1 aromatic rings. The van der Waals surface area contributed by atoms with Crippen molar-refractivity contribution >= 4 is 39.7 Å². The SMILES string of the molecule is COCCOCCOCC[N+](CCOCCOCCOC)=c1ccc2c(/C=C/C=C3/N(CCCCCC(=O)ON4C(=O)CCC4=O)c4ccc(S(=O)(=O)[O-])cc4C3(C)C)cc(C(C)(C)C)oc-2c1. The normalized spacial score (nSPS) is 15.7. The molecule has 0 radical (unpaired) electrons. The predicted octanol–water partition coefficient (Wildman–Crippen LogP) is 5.58. The van der Waals surface area contributed by atoms with Crippen molar-refractivity contribution < 1.29 is 65.0 Å². The van der Waals surface area contributed by atoms with Crippen molar-refractivity contribution in [2.75, 3.05) is 105 Å². The summed E-state index contributed by atoms with van der Waals surface area (Å²) < 4.78 is 78.4. The lowest BCUT2D eigenvalue weighted by atomic mass is 9.83. The van der Waals surface area contributed by atoms with Crippen molar-refractivity contribution in [3.63, 3.8) is 0 Å². The summed E-state index contributed by atoms with van der Waals surface area (Å²) >= 11 is 0. The molecular weight excluding hydrogens is 899 g/mol. The van der Waals surface area contributed by atoms with Crippen LogP contribution in [0.3, 0.4) is 0 Å². The van der Waals surface area contributed by atoms with Crippen molar-refractivity contribution in [2.24, 2.45) is 0 Å². The summed E-state index contributed by atoms with van der Waals surface area (Å²) in [6, 6.07) is 12.7. The number of imide groups is 1. The lowest BCUT2D eigenvalue weighted by molar-refractivity contribution is -0.197. The minimum atomic E-state index is -4.71. The van der Waals surface area contributed by atoms with Gasteiger partial charge < -0.3 is 47.1 Å². The number of unbranched alkanes of at least 4 members (excludes halogenated alkanes) is 2. The number of hydroxylamine groups is 2. The number of hydrogen-bond acceptors (Lipinski definition) is 15. The Morgan fingerprint density at radius 3 is 2.00 bits per heavy atom. The van der Waals surface area contributed by atoms with E-state index in [0.717, 1.165) is 33.6 Å². The number of hydrogen-bond donors (Lipinski definition) is 0. The van der Waals surface area contributed by atoms with Crippen molar-refractivity contribution in [2.45, 2.75) is 88.9 Å². The minimum absolute atomic E-state index is 0.0262. The topological polar surface area (TPSA) is 196 Å². The van der Waals surface area contributed by atoms with Gasteiger partial charge in [0.2, 0.25) is 5.36 Å². The number of anilines is 1. The van der Waals surface area contributed by atoms with Crippen LogP contribution >= 0.6 is 0 Å². The molecule has 1 saturated heterocycles. The van der Waals surface area contributed by atoms with Gasteiger partial charge in [-0.25, -0.2) is 17.8 Å². The summed E-state index contributed by atoms with van der Waals surface area (Å²) in [5, 5.41) is 1.50. The van der Waals surface area contributed by atoms with E-state index in [1.54, 1.807) is 20.3 Å². The number of carbonyl (C=O) groups is 3. The first-order valence-corrected chi connectivity index (χ1v) is 24.6. The molecule has 17 nitrogen and oxygen atoms in total. The second-order valence-corrected chi connectivity index (χ2v) is 19.5. The van der Waals surface area contributed by atoms with Gasteiger partial charge in [0.05, 0.1) is 63.8 Å². The van der Waals surface area contributed by atoms with Gasteiger partial charge in [-0.05, 0) is 60.4 Å². The van der Waals surface area contributed by atoms with Crippen LogP contribution in [0.2, 0.25) is 0 Å². The zero-order valence-corrected chi connectivity index (χ0v) is 41.5. The molecule has 1 aromatic carbocycles. The quantitative estimate of drug-likeness (QED) is 0.0378. The molecule has 0 aromatic heterocycles. The van der Waals surface area contributed by atoms with Crippen molar-refractivity contribution in [3.05, 3.63) is 82.6 Å². The highest BCUT2D eigenvalue weighted by Crippen LogP contribution is 2.48. The van der Waals surface area contributed by atoms with Gasteiger partial charge in [0.25, 0.3) is 11.8 Å². The first-order valence-electron chi connectivity index (χ1n) is 23.2. The largest absolute Gasteiger partial charge is 0.744 e. The Morgan fingerprint density at radius 2 is 1.41 bits per heavy atom. The molecule has 68 heavy (non-hydrogen) atoms. The van der Waals surface area contributed by atoms with Gasteiger partial charge in [-0.15, -0.1) is 5.06 Å². The fourth-order valence-electron chi connectivity index (χ4n) is 7.87. The minimum Gasteiger partial charge on any atom is -0.744 e. The van der Waals surface area contributed by atoms with E-state index in [-0.39, 0.29) is 29.6 Å². The monoisotopic (exact) mass is 967 g/mol. The molecule has 18 heteroatoms. The van der Waals surface area contributed by atoms with Gasteiger partial charge in [0.1, 0.15) is 34.9 Å². The summed E-state index contributed by atoms with van der Waals surface area (Å²) in [6.45, 7) is 16.9. The molecule has 374 valence electrons. The second kappa shape index (κ2) is 25.7. The number of nitrogens with zero attached hydrogens (tertiary/aromatic N) is 3. The van der Waals surface area contributed by atoms with E-state index in [2.05, 4.69) is 48.4 Å². The Labute approximate surface area is 400 Å². The number of allylic oxidation sites excluding steroid dienone is 3. The Bertz CT molecular complexity index is 2350. The first-order chi connectivity index (χ1) is 32.4. The van der Waals surface area contributed by atoms with Crippen LogP contribution in [0.15, 0.2) is 69.6 Å². The van der Waals surface area contributed by atoms with Gasteiger partial charge in [0, 0.05) is 73.9 Å². The first kappa shape index (κ1) is 54.2. The number of fused-ring (bicyclic) bond motifs is 2. The number of benzene rings is 2. The molecule has 3 aliphatic heterocycles. The van der Waals surface area contributed by atoms with Crippen LogP contribution in [0.4, 0.5) is 5.69 Å². The van der Waals surface area contributed by atoms with Gasteiger partial charge in [0.15, 0.2) is 13.1 Å². The predicted molar refractivity (Wildman–Crippen MR) is 254 cm³/mol. The molecule has 4 aliphatic rings. The van der Waals surface area contributed by atoms with E-state index < -0.39 is 33.3 Å². The van der Waals surface area contributed by atoms with Gasteiger partial charge in [-0.1, -0.05) is 53.2 Å². The zero-order chi connectivity index (χ0) is 49.3. The zero-order valence-electron chi connectivity index (χ0n) is 40.7. The Hall–Kier alpha value is -4.79. The summed E-state index contributed by atoms with van der Waals surface area (Å²) in [5.41, 5.74) is 3.20. The maximum Gasteiger partial charge on any atom is 0.333 e. The van der Waals surface area contributed by atoms with E-state index in [9.17, 15) is 27.4 Å². The molecule has 1 fully saturated rings. The fraction of sp³-hybridized carbons (Fsp3) is 0.560. The number of ether oxygens (including phenoxy) is 6. The molecule has 0 atom stereocenters. The average Bonchev–Trinajstić information content (AvgIpc) is 3.71. The molecule has 2 amide bonds.